The van der Waals surface area contributed by atoms with Gasteiger partial charge >= 0.3 is 0 Å². The maximum atomic E-state index is 6.26. The Hall–Kier alpha value is -3.04. The second-order valence-electron chi connectivity index (χ2n) is 6.07. The Kier molecular flexibility index (Phi) is 3.72. The van der Waals surface area contributed by atoms with Gasteiger partial charge in [0, 0.05) is 22.1 Å². The lowest BCUT2D eigenvalue weighted by Crippen LogP contribution is -2.02. The Labute approximate surface area is 156 Å². The van der Waals surface area contributed by atoms with Gasteiger partial charge in [0.2, 0.25) is 0 Å². The van der Waals surface area contributed by atoms with Gasteiger partial charge in [-0.2, -0.15) is 0 Å². The van der Waals surface area contributed by atoms with Gasteiger partial charge in [-0.3, -0.25) is 0 Å². The third-order valence-electron chi connectivity index (χ3n) is 4.43. The Morgan fingerprint density at radius 1 is 0.692 bits per heavy atom. The Balaban J connectivity index is 1.60. The highest BCUT2D eigenvalue weighted by Gasteiger charge is 2.29. The van der Waals surface area contributed by atoms with Gasteiger partial charge in [0.15, 0.2) is 5.09 Å². The highest BCUT2D eigenvalue weighted by Crippen LogP contribution is 2.46. The molecule has 0 radical (unpaired) electrons. The predicted molar refractivity (Wildman–Crippen MR) is 109 cm³/mol. The van der Waals surface area contributed by atoms with Crippen LogP contribution in [0, 0.1) is 0 Å². The van der Waals surface area contributed by atoms with Crippen molar-refractivity contribution in [3.63, 3.8) is 0 Å². The fraction of sp³-hybridized carbons (Fsp3) is 0. The summed E-state index contributed by atoms with van der Waals surface area (Å²) in [4.78, 5) is 4.89. The van der Waals surface area contributed by atoms with E-state index in [1.807, 2.05) is 48.5 Å². The third-order valence-corrected chi connectivity index (χ3v) is 5.26. The molecule has 3 aromatic carbocycles. The van der Waals surface area contributed by atoms with E-state index >= 15 is 0 Å². The summed E-state index contributed by atoms with van der Waals surface area (Å²) in [5.74, 6) is 0.884. The quantitative estimate of drug-likeness (QED) is 0.543. The fourth-order valence-corrected chi connectivity index (χ4v) is 4.05. The molecule has 5 rings (SSSR count). The van der Waals surface area contributed by atoms with Gasteiger partial charge in [0.1, 0.15) is 5.76 Å². The van der Waals surface area contributed by atoms with Gasteiger partial charge in [-0.25, -0.2) is 4.99 Å². The van der Waals surface area contributed by atoms with Crippen LogP contribution in [-0.4, -0.2) is 5.71 Å². The summed E-state index contributed by atoms with van der Waals surface area (Å²) in [6.07, 6.45) is 0. The lowest BCUT2D eigenvalue weighted by atomic mass is 9.99. The van der Waals surface area contributed by atoms with Crippen molar-refractivity contribution in [2.75, 3.05) is 0 Å². The fourth-order valence-electron chi connectivity index (χ4n) is 3.19. The van der Waals surface area contributed by atoms with E-state index in [9.17, 15) is 0 Å². The highest BCUT2D eigenvalue weighted by molar-refractivity contribution is 8.06. The molecule has 0 aromatic heterocycles. The number of benzene rings is 3. The molecule has 2 heterocycles. The Morgan fingerprint density at radius 3 is 2.12 bits per heavy atom. The number of ether oxygens (including phenoxy) is 1. The normalized spacial score (nSPS) is 18.2. The summed E-state index contributed by atoms with van der Waals surface area (Å²) < 4.78 is 6.26. The maximum absolute atomic E-state index is 6.26. The number of hydrogen-bond donors (Lipinski definition) is 0. The molecule has 2 nitrogen and oxygen atoms in total. The largest absolute Gasteiger partial charge is 0.448 e. The number of nitrogens with zero attached hydrogens (tertiary/aromatic N) is 1. The summed E-state index contributed by atoms with van der Waals surface area (Å²) in [6, 6.07) is 28.7. The number of aliphatic imine (C=N–C) groups is 1. The van der Waals surface area contributed by atoms with E-state index in [-0.39, 0.29) is 0 Å². The van der Waals surface area contributed by atoms with Crippen LogP contribution < -0.4 is 0 Å². The van der Waals surface area contributed by atoms with Crippen LogP contribution in [0.25, 0.3) is 11.3 Å². The smallest absolute Gasteiger partial charge is 0.175 e. The van der Waals surface area contributed by atoms with Crippen molar-refractivity contribution < 1.29 is 4.74 Å². The topological polar surface area (TPSA) is 21.6 Å². The minimum absolute atomic E-state index is 0.884. The molecule has 0 amide bonds. The van der Waals surface area contributed by atoms with E-state index in [1.165, 1.54) is 0 Å². The SMILES string of the molecule is C1=C(c2ccccc2)O/C(=C2\C(c3ccccc3)=Nc3ccccc32)S1. The second kappa shape index (κ2) is 6.36. The molecule has 124 valence electrons. The minimum atomic E-state index is 0.884. The summed E-state index contributed by atoms with van der Waals surface area (Å²) in [5, 5.41) is 2.96. The molecule has 0 saturated heterocycles. The van der Waals surface area contributed by atoms with Crippen LogP contribution in [0.4, 0.5) is 5.69 Å². The molecule has 0 atom stereocenters. The molecule has 2 aliphatic rings. The van der Waals surface area contributed by atoms with Crippen molar-refractivity contribution in [3.05, 3.63) is 112 Å². The first-order valence-corrected chi connectivity index (χ1v) is 9.36. The molecule has 2 aliphatic heterocycles. The molecular formula is C23H15NOS. The molecule has 0 unspecified atom stereocenters. The standard InChI is InChI=1S/C23H15NOS/c1-3-9-16(10-4-1)20-15-26-23(25-20)21-18-13-7-8-14-19(18)24-22(21)17-11-5-2-6-12-17/h1-15H/b23-21+. The second-order valence-corrected chi connectivity index (χ2v) is 6.92. The molecule has 0 spiro atoms. The number of allylic oxidation sites excluding steroid dienone is 1. The molecule has 26 heavy (non-hydrogen) atoms. The average Bonchev–Trinajstić information content (AvgIpc) is 3.34. The molecule has 0 bridgehead atoms. The van der Waals surface area contributed by atoms with E-state index in [1.54, 1.807) is 11.8 Å². The highest BCUT2D eigenvalue weighted by atomic mass is 32.2. The van der Waals surface area contributed by atoms with Crippen molar-refractivity contribution >= 4 is 34.5 Å². The molecule has 0 aliphatic carbocycles. The molecule has 0 saturated carbocycles. The molecule has 3 aromatic rings. The number of fused-ring (bicyclic) bond motifs is 1. The van der Waals surface area contributed by atoms with E-state index in [4.69, 9.17) is 9.73 Å². The summed E-state index contributed by atoms with van der Waals surface area (Å²) >= 11 is 1.62. The molecular weight excluding hydrogens is 338 g/mol. The van der Waals surface area contributed by atoms with Gasteiger partial charge in [-0.05, 0) is 6.07 Å². The lowest BCUT2D eigenvalue weighted by molar-refractivity contribution is 0.432. The monoisotopic (exact) mass is 353 g/mol. The number of hydrogen-bond acceptors (Lipinski definition) is 3. The number of rotatable bonds is 2. The third kappa shape index (κ3) is 2.57. The van der Waals surface area contributed by atoms with E-state index < -0.39 is 0 Å². The Morgan fingerprint density at radius 2 is 1.35 bits per heavy atom. The van der Waals surface area contributed by atoms with Gasteiger partial charge in [0.05, 0.1) is 17.0 Å². The zero-order valence-electron chi connectivity index (χ0n) is 13.9. The molecule has 3 heteroatoms. The van der Waals surface area contributed by atoms with Gasteiger partial charge < -0.3 is 4.74 Å². The number of thioether (sulfide) groups is 1. The Bertz CT molecular complexity index is 1070. The molecule has 0 fully saturated rings. The van der Waals surface area contributed by atoms with E-state index in [0.717, 1.165) is 44.5 Å². The van der Waals surface area contributed by atoms with Crippen molar-refractivity contribution in [2.24, 2.45) is 4.99 Å². The summed E-state index contributed by atoms with van der Waals surface area (Å²) in [6.45, 7) is 0. The van der Waals surface area contributed by atoms with Crippen LogP contribution >= 0.6 is 11.8 Å². The van der Waals surface area contributed by atoms with Crippen LogP contribution in [0.5, 0.6) is 0 Å². The number of para-hydroxylation sites is 1. The predicted octanol–water partition coefficient (Wildman–Crippen LogP) is 6.25. The van der Waals surface area contributed by atoms with Crippen LogP contribution in [0.3, 0.4) is 0 Å². The zero-order chi connectivity index (χ0) is 17.3. The first kappa shape index (κ1) is 15.2. The first-order chi connectivity index (χ1) is 12.9. The van der Waals surface area contributed by atoms with Crippen molar-refractivity contribution in [1.29, 1.82) is 0 Å². The van der Waals surface area contributed by atoms with E-state index in [0.29, 0.717) is 0 Å². The van der Waals surface area contributed by atoms with Gasteiger partial charge in [-0.1, -0.05) is 90.6 Å². The van der Waals surface area contributed by atoms with Crippen LogP contribution in [0.1, 0.15) is 16.7 Å². The van der Waals surface area contributed by atoms with Crippen molar-refractivity contribution in [2.45, 2.75) is 0 Å². The van der Waals surface area contributed by atoms with Gasteiger partial charge in [0.25, 0.3) is 0 Å². The van der Waals surface area contributed by atoms with Crippen LogP contribution in [0.15, 0.2) is 100 Å². The molecule has 0 N–H and O–H groups in total. The van der Waals surface area contributed by atoms with E-state index in [2.05, 4.69) is 41.8 Å². The van der Waals surface area contributed by atoms with Crippen molar-refractivity contribution in [1.82, 2.24) is 0 Å². The lowest BCUT2D eigenvalue weighted by Gasteiger charge is -2.10. The zero-order valence-corrected chi connectivity index (χ0v) is 14.7. The van der Waals surface area contributed by atoms with Crippen molar-refractivity contribution in [3.8, 4) is 0 Å². The van der Waals surface area contributed by atoms with Gasteiger partial charge in [-0.15, -0.1) is 0 Å². The minimum Gasteiger partial charge on any atom is -0.448 e. The maximum Gasteiger partial charge on any atom is 0.175 e. The average molecular weight is 353 g/mol. The summed E-state index contributed by atoms with van der Waals surface area (Å²) in [7, 11) is 0. The summed E-state index contributed by atoms with van der Waals surface area (Å²) in [5.41, 5.74) is 6.34. The first-order valence-electron chi connectivity index (χ1n) is 8.48. The van der Waals surface area contributed by atoms with Crippen LogP contribution in [-0.2, 0) is 4.74 Å². The van der Waals surface area contributed by atoms with Crippen LogP contribution in [0.2, 0.25) is 0 Å².